The summed E-state index contributed by atoms with van der Waals surface area (Å²) in [6, 6.07) is 6.81. The highest BCUT2D eigenvalue weighted by Crippen LogP contribution is 2.38. The van der Waals surface area contributed by atoms with Gasteiger partial charge in [-0.3, -0.25) is 4.68 Å². The van der Waals surface area contributed by atoms with Gasteiger partial charge in [0, 0.05) is 37.8 Å². The Labute approximate surface area is 202 Å². The van der Waals surface area contributed by atoms with Crippen molar-refractivity contribution in [3.8, 4) is 18.7 Å². The topological polar surface area (TPSA) is 97.0 Å². The summed E-state index contributed by atoms with van der Waals surface area (Å²) in [5.74, 6) is -0.179. The standard InChI is InChI=1S/C20H25F3N2O4S.C2H2.CH4O/c1-2-7-25-18(20(21,22)23)16(8-12-3-5-15(30)6-4-12)19(24-25)29-17-10-13(27)9-14(11-26)28-17;2*1-2/h3-6,13-14,17,26-27,30H,2,7-11H2,1H3;1-2H;2H,1H3/t13-,14-,17-;;/m0../s1. The summed E-state index contributed by atoms with van der Waals surface area (Å²) in [5, 5.41) is 30.4. The normalized spacial score (nSPS) is 19.9. The number of terminal acetylenes is 1. The first-order valence-electron chi connectivity index (χ1n) is 10.5. The summed E-state index contributed by atoms with van der Waals surface area (Å²) >= 11 is 4.21. The second kappa shape index (κ2) is 14.2. The summed E-state index contributed by atoms with van der Waals surface area (Å²) in [6.07, 6.45) is 1.67. The second-order valence-electron chi connectivity index (χ2n) is 7.31. The van der Waals surface area contributed by atoms with E-state index in [9.17, 15) is 23.4 Å². The van der Waals surface area contributed by atoms with Crippen LogP contribution in [0.1, 0.15) is 43.0 Å². The number of aliphatic hydroxyl groups excluding tert-OH is 3. The molecule has 190 valence electrons. The van der Waals surface area contributed by atoms with Gasteiger partial charge in [0.25, 0.3) is 0 Å². The van der Waals surface area contributed by atoms with Gasteiger partial charge >= 0.3 is 6.18 Å². The number of hydrogen-bond donors (Lipinski definition) is 4. The zero-order valence-corrected chi connectivity index (χ0v) is 20.0. The van der Waals surface area contributed by atoms with Crippen LogP contribution in [0, 0.1) is 12.8 Å². The molecule has 0 saturated carbocycles. The van der Waals surface area contributed by atoms with E-state index in [-0.39, 0.29) is 43.9 Å². The van der Waals surface area contributed by atoms with Crippen molar-refractivity contribution in [3.63, 3.8) is 0 Å². The number of rotatable bonds is 7. The molecular weight excluding hydrogens is 473 g/mol. The Kier molecular flexibility index (Phi) is 12.5. The Morgan fingerprint density at radius 2 is 1.82 bits per heavy atom. The lowest BCUT2D eigenvalue weighted by molar-refractivity contribution is -0.186. The third kappa shape index (κ3) is 8.21. The molecule has 0 spiro atoms. The van der Waals surface area contributed by atoms with Gasteiger partial charge in [-0.1, -0.05) is 19.1 Å². The molecule has 34 heavy (non-hydrogen) atoms. The number of halogens is 3. The minimum absolute atomic E-state index is 0.0410. The maximum Gasteiger partial charge on any atom is 0.433 e. The van der Waals surface area contributed by atoms with Crippen LogP contribution in [0.3, 0.4) is 0 Å². The fraction of sp³-hybridized carbons (Fsp3) is 0.522. The van der Waals surface area contributed by atoms with Crippen molar-refractivity contribution in [2.24, 2.45) is 0 Å². The van der Waals surface area contributed by atoms with Crippen molar-refractivity contribution in [1.29, 1.82) is 0 Å². The minimum atomic E-state index is -4.62. The zero-order chi connectivity index (χ0) is 25.9. The lowest BCUT2D eigenvalue weighted by Crippen LogP contribution is -2.40. The number of nitrogens with zero attached hydrogens (tertiary/aromatic N) is 2. The quantitative estimate of drug-likeness (QED) is 0.341. The molecule has 0 unspecified atom stereocenters. The first-order chi connectivity index (χ1) is 16.2. The monoisotopic (exact) mass is 504 g/mol. The Hall–Kier alpha value is -2.23. The molecule has 0 amide bonds. The van der Waals surface area contributed by atoms with Gasteiger partial charge in [0.2, 0.25) is 12.2 Å². The van der Waals surface area contributed by atoms with Gasteiger partial charge in [-0.25, -0.2) is 0 Å². The molecule has 0 bridgehead atoms. The predicted molar refractivity (Wildman–Crippen MR) is 124 cm³/mol. The maximum absolute atomic E-state index is 13.9. The van der Waals surface area contributed by atoms with Crippen molar-refractivity contribution in [2.45, 2.75) is 68.7 Å². The van der Waals surface area contributed by atoms with Crippen LogP contribution >= 0.6 is 12.6 Å². The van der Waals surface area contributed by atoms with Gasteiger partial charge in [0.05, 0.1) is 24.4 Å². The van der Waals surface area contributed by atoms with Crippen LogP contribution in [0.4, 0.5) is 13.2 Å². The van der Waals surface area contributed by atoms with E-state index in [1.54, 1.807) is 31.2 Å². The molecule has 1 aromatic heterocycles. The summed E-state index contributed by atoms with van der Waals surface area (Å²) < 4.78 is 54.0. The Balaban J connectivity index is 0.00000137. The van der Waals surface area contributed by atoms with Crippen LogP contribution in [-0.4, -0.2) is 57.3 Å². The molecule has 7 nitrogen and oxygen atoms in total. The van der Waals surface area contributed by atoms with E-state index < -0.39 is 30.4 Å². The van der Waals surface area contributed by atoms with Crippen LogP contribution in [0.2, 0.25) is 0 Å². The number of ether oxygens (including phenoxy) is 2. The summed E-state index contributed by atoms with van der Waals surface area (Å²) in [7, 11) is 1.00. The number of alkyl halides is 3. The van der Waals surface area contributed by atoms with Crippen LogP contribution in [-0.2, 0) is 23.9 Å². The summed E-state index contributed by atoms with van der Waals surface area (Å²) in [5.41, 5.74) is -0.298. The highest BCUT2D eigenvalue weighted by atomic mass is 32.1. The zero-order valence-electron chi connectivity index (χ0n) is 19.1. The minimum Gasteiger partial charge on any atom is -0.446 e. The van der Waals surface area contributed by atoms with E-state index in [0.29, 0.717) is 16.9 Å². The van der Waals surface area contributed by atoms with Crippen molar-refractivity contribution in [2.75, 3.05) is 13.7 Å². The number of aliphatic hydroxyl groups is 3. The van der Waals surface area contributed by atoms with Crippen LogP contribution in [0.25, 0.3) is 0 Å². The molecule has 1 aliphatic heterocycles. The van der Waals surface area contributed by atoms with Gasteiger partial charge in [-0.05, 0) is 24.1 Å². The van der Waals surface area contributed by atoms with E-state index in [4.69, 9.17) is 14.6 Å². The molecule has 1 fully saturated rings. The van der Waals surface area contributed by atoms with E-state index in [2.05, 4.69) is 30.6 Å². The number of aryl methyl sites for hydroxylation is 1. The molecule has 0 radical (unpaired) electrons. The smallest absolute Gasteiger partial charge is 0.433 e. The number of benzene rings is 1. The number of hydrogen-bond acceptors (Lipinski definition) is 7. The Morgan fingerprint density at radius 3 is 2.35 bits per heavy atom. The molecule has 1 aromatic carbocycles. The van der Waals surface area contributed by atoms with E-state index >= 15 is 0 Å². The van der Waals surface area contributed by atoms with Gasteiger partial charge < -0.3 is 24.8 Å². The predicted octanol–water partition coefficient (Wildman–Crippen LogP) is 3.29. The number of thiol groups is 1. The first-order valence-corrected chi connectivity index (χ1v) is 11.0. The van der Waals surface area contributed by atoms with E-state index in [0.717, 1.165) is 11.8 Å². The SMILES string of the molecule is C#C.CCCn1nc(O[C@H]2C[C@@H](O)C[C@@H](CO)O2)c(Cc2ccc(S)cc2)c1C(F)(F)F.CO. The third-order valence-electron chi connectivity index (χ3n) is 4.83. The van der Waals surface area contributed by atoms with Crippen molar-refractivity contribution < 1.29 is 38.0 Å². The molecule has 3 atom stereocenters. The van der Waals surface area contributed by atoms with Crippen LogP contribution in [0.15, 0.2) is 29.2 Å². The average molecular weight is 505 g/mol. The van der Waals surface area contributed by atoms with Gasteiger partial charge in [-0.15, -0.1) is 30.6 Å². The lowest BCUT2D eigenvalue weighted by Gasteiger charge is -2.31. The molecule has 2 heterocycles. The highest BCUT2D eigenvalue weighted by Gasteiger charge is 2.41. The first kappa shape index (κ1) is 29.8. The van der Waals surface area contributed by atoms with Gasteiger partial charge in [-0.2, -0.15) is 13.2 Å². The van der Waals surface area contributed by atoms with Crippen LogP contribution in [0.5, 0.6) is 5.88 Å². The Bertz CT molecular complexity index is 887. The molecule has 1 saturated heterocycles. The molecule has 2 aromatic rings. The lowest BCUT2D eigenvalue weighted by atomic mass is 10.0. The molecule has 1 aliphatic rings. The highest BCUT2D eigenvalue weighted by molar-refractivity contribution is 7.80. The molecule has 11 heteroatoms. The summed E-state index contributed by atoms with van der Waals surface area (Å²) in [6.45, 7) is 1.52. The number of aromatic nitrogens is 2. The van der Waals surface area contributed by atoms with Gasteiger partial charge in [0.15, 0.2) is 0 Å². The van der Waals surface area contributed by atoms with E-state index in [1.165, 1.54) is 0 Å². The van der Waals surface area contributed by atoms with Gasteiger partial charge in [0.1, 0.15) is 5.69 Å². The molecular formula is C23H31F3N2O5S. The average Bonchev–Trinajstić information content (AvgIpc) is 3.14. The summed E-state index contributed by atoms with van der Waals surface area (Å²) in [4.78, 5) is 0.701. The van der Waals surface area contributed by atoms with Crippen molar-refractivity contribution in [3.05, 3.63) is 41.1 Å². The van der Waals surface area contributed by atoms with E-state index in [1.807, 2.05) is 0 Å². The largest absolute Gasteiger partial charge is 0.446 e. The Morgan fingerprint density at radius 1 is 1.21 bits per heavy atom. The fourth-order valence-corrected chi connectivity index (χ4v) is 3.65. The molecule has 3 rings (SSSR count). The molecule has 3 N–H and O–H groups in total. The van der Waals surface area contributed by atoms with Crippen LogP contribution < -0.4 is 4.74 Å². The van der Waals surface area contributed by atoms with Crippen molar-refractivity contribution >= 4 is 12.6 Å². The second-order valence-corrected chi connectivity index (χ2v) is 7.83. The van der Waals surface area contributed by atoms with Crippen molar-refractivity contribution in [1.82, 2.24) is 9.78 Å². The maximum atomic E-state index is 13.9. The molecule has 0 aliphatic carbocycles. The third-order valence-corrected chi connectivity index (χ3v) is 5.12. The fourth-order valence-electron chi connectivity index (χ4n) is 3.51.